The van der Waals surface area contributed by atoms with E-state index in [1.807, 2.05) is 0 Å². The Kier molecular flexibility index (Phi) is 5.83. The van der Waals surface area contributed by atoms with Gasteiger partial charge in [0.25, 0.3) is 5.91 Å². The third-order valence-electron chi connectivity index (χ3n) is 4.09. The van der Waals surface area contributed by atoms with Gasteiger partial charge < -0.3 is 10.1 Å². The van der Waals surface area contributed by atoms with Crippen LogP contribution in [0, 0.1) is 0 Å². The van der Waals surface area contributed by atoms with Crippen LogP contribution in [0.3, 0.4) is 0 Å². The molecule has 0 saturated carbocycles. The first-order valence-electron chi connectivity index (χ1n) is 8.22. The van der Waals surface area contributed by atoms with E-state index in [1.165, 1.54) is 16.6 Å². The van der Waals surface area contributed by atoms with Gasteiger partial charge in [-0.2, -0.15) is 0 Å². The van der Waals surface area contributed by atoms with Crippen LogP contribution >= 0.6 is 23.2 Å². The van der Waals surface area contributed by atoms with Crippen LogP contribution in [0.15, 0.2) is 36.4 Å². The molecule has 1 aliphatic rings. The number of ether oxygens (including phenoxy) is 1. The summed E-state index contributed by atoms with van der Waals surface area (Å²) in [5, 5.41) is 3.55. The number of hydrogen-bond acceptors (Lipinski definition) is 4. The lowest BCUT2D eigenvalue weighted by atomic mass is 10.0. The van der Waals surface area contributed by atoms with Gasteiger partial charge in [-0.3, -0.25) is 9.10 Å². The minimum atomic E-state index is -3.32. The number of benzene rings is 2. The second kappa shape index (κ2) is 7.96. The second-order valence-corrected chi connectivity index (χ2v) is 8.94. The van der Waals surface area contributed by atoms with Gasteiger partial charge in [0.15, 0.2) is 6.61 Å². The van der Waals surface area contributed by atoms with Crippen LogP contribution in [0.1, 0.15) is 12.0 Å². The molecule has 0 aliphatic carbocycles. The van der Waals surface area contributed by atoms with Crippen molar-refractivity contribution in [2.45, 2.75) is 12.8 Å². The molecular formula is C18H18Cl2N2O4S. The summed E-state index contributed by atoms with van der Waals surface area (Å²) in [4.78, 5) is 12.1. The van der Waals surface area contributed by atoms with Crippen molar-refractivity contribution >= 4 is 50.5 Å². The molecule has 27 heavy (non-hydrogen) atoms. The number of fused-ring (bicyclic) bond motifs is 1. The maximum absolute atomic E-state index is 12.1. The van der Waals surface area contributed by atoms with Crippen molar-refractivity contribution in [2.24, 2.45) is 0 Å². The zero-order chi connectivity index (χ0) is 19.6. The van der Waals surface area contributed by atoms with E-state index < -0.39 is 10.0 Å². The zero-order valence-electron chi connectivity index (χ0n) is 14.5. The summed E-state index contributed by atoms with van der Waals surface area (Å²) in [6, 6.07) is 9.93. The SMILES string of the molecule is CS(=O)(=O)N1CCCc2cc(NC(=O)COc3ccc(Cl)cc3Cl)ccc21. The summed E-state index contributed by atoms with van der Waals surface area (Å²) in [6.45, 7) is 0.251. The molecule has 2 aromatic carbocycles. The van der Waals surface area contributed by atoms with Gasteiger partial charge in [-0.25, -0.2) is 8.42 Å². The number of carbonyl (C=O) groups excluding carboxylic acids is 1. The first-order valence-corrected chi connectivity index (χ1v) is 10.8. The third kappa shape index (κ3) is 4.86. The van der Waals surface area contributed by atoms with Gasteiger partial charge in [-0.15, -0.1) is 0 Å². The van der Waals surface area contributed by atoms with Crippen molar-refractivity contribution in [1.82, 2.24) is 0 Å². The molecule has 9 heteroatoms. The van der Waals surface area contributed by atoms with Gasteiger partial charge in [0.05, 0.1) is 17.0 Å². The molecule has 1 N–H and O–H groups in total. The number of halogens is 2. The molecule has 3 rings (SSSR count). The van der Waals surface area contributed by atoms with Gasteiger partial charge in [0.2, 0.25) is 10.0 Å². The highest BCUT2D eigenvalue weighted by atomic mass is 35.5. The Labute approximate surface area is 168 Å². The number of nitrogens with zero attached hydrogens (tertiary/aromatic N) is 1. The molecule has 0 radical (unpaired) electrons. The number of anilines is 2. The van der Waals surface area contributed by atoms with Crippen molar-refractivity contribution in [1.29, 1.82) is 0 Å². The summed E-state index contributed by atoms with van der Waals surface area (Å²) >= 11 is 11.8. The first kappa shape index (κ1) is 19.8. The van der Waals surface area contributed by atoms with E-state index in [2.05, 4.69) is 5.32 Å². The minimum Gasteiger partial charge on any atom is -0.482 e. The Morgan fingerprint density at radius 3 is 2.70 bits per heavy atom. The highest BCUT2D eigenvalue weighted by Crippen LogP contribution is 2.31. The smallest absolute Gasteiger partial charge is 0.262 e. The van der Waals surface area contributed by atoms with Gasteiger partial charge in [-0.1, -0.05) is 23.2 Å². The lowest BCUT2D eigenvalue weighted by Gasteiger charge is -2.29. The van der Waals surface area contributed by atoms with E-state index in [0.29, 0.717) is 33.7 Å². The molecular weight excluding hydrogens is 411 g/mol. The fraction of sp³-hybridized carbons (Fsp3) is 0.278. The number of aryl methyl sites for hydroxylation is 1. The molecule has 0 spiro atoms. The van der Waals surface area contributed by atoms with Crippen molar-refractivity contribution in [3.05, 3.63) is 52.0 Å². The number of amides is 1. The van der Waals surface area contributed by atoms with E-state index in [4.69, 9.17) is 27.9 Å². The van der Waals surface area contributed by atoms with Crippen LogP contribution in [0.4, 0.5) is 11.4 Å². The Morgan fingerprint density at radius 1 is 1.22 bits per heavy atom. The van der Waals surface area contributed by atoms with E-state index in [0.717, 1.165) is 18.4 Å². The molecule has 0 unspecified atom stereocenters. The Morgan fingerprint density at radius 2 is 2.00 bits per heavy atom. The molecule has 0 aromatic heterocycles. The van der Waals surface area contributed by atoms with E-state index in [1.54, 1.807) is 30.3 Å². The molecule has 0 fully saturated rings. The quantitative estimate of drug-likeness (QED) is 0.786. The van der Waals surface area contributed by atoms with Crippen LogP contribution in [-0.4, -0.2) is 33.7 Å². The van der Waals surface area contributed by atoms with Crippen LogP contribution in [0.2, 0.25) is 10.0 Å². The standard InChI is InChI=1S/C18H18Cl2N2O4S/c1-27(24,25)22-8-2-3-12-9-14(5-6-16(12)22)21-18(23)11-26-17-7-4-13(19)10-15(17)20/h4-7,9-10H,2-3,8,11H2,1H3,(H,21,23). The maximum Gasteiger partial charge on any atom is 0.262 e. The highest BCUT2D eigenvalue weighted by Gasteiger charge is 2.24. The predicted molar refractivity (Wildman–Crippen MR) is 108 cm³/mol. The number of carbonyl (C=O) groups is 1. The Balaban J connectivity index is 1.66. The van der Waals surface area contributed by atoms with Crippen molar-refractivity contribution in [2.75, 3.05) is 29.0 Å². The van der Waals surface area contributed by atoms with Crippen LogP contribution < -0.4 is 14.4 Å². The van der Waals surface area contributed by atoms with Crippen molar-refractivity contribution in [3.63, 3.8) is 0 Å². The average Bonchev–Trinajstić information content (AvgIpc) is 2.59. The number of nitrogens with one attached hydrogen (secondary N) is 1. The highest BCUT2D eigenvalue weighted by molar-refractivity contribution is 7.92. The van der Waals surface area contributed by atoms with Gasteiger partial charge in [0, 0.05) is 17.3 Å². The van der Waals surface area contributed by atoms with Crippen LogP contribution in [0.5, 0.6) is 5.75 Å². The van der Waals surface area contributed by atoms with E-state index in [9.17, 15) is 13.2 Å². The first-order chi connectivity index (χ1) is 12.7. The average molecular weight is 429 g/mol. The maximum atomic E-state index is 12.1. The van der Waals surface area contributed by atoms with E-state index in [-0.39, 0.29) is 12.5 Å². The molecule has 1 heterocycles. The molecule has 144 valence electrons. The number of hydrogen-bond donors (Lipinski definition) is 1. The molecule has 6 nitrogen and oxygen atoms in total. The van der Waals surface area contributed by atoms with Gasteiger partial charge in [-0.05, 0) is 54.8 Å². The largest absolute Gasteiger partial charge is 0.482 e. The predicted octanol–water partition coefficient (Wildman–Crippen LogP) is 3.72. The number of sulfonamides is 1. The lowest BCUT2D eigenvalue weighted by Crippen LogP contribution is -2.34. The normalized spacial score (nSPS) is 13.8. The molecule has 0 bridgehead atoms. The van der Waals surface area contributed by atoms with Crippen LogP contribution in [-0.2, 0) is 21.2 Å². The molecule has 1 amide bonds. The van der Waals surface area contributed by atoms with Gasteiger partial charge >= 0.3 is 0 Å². The summed E-state index contributed by atoms with van der Waals surface area (Å²) in [5.74, 6) is 0.0159. The minimum absolute atomic E-state index is 0.214. The summed E-state index contributed by atoms with van der Waals surface area (Å²) in [5.41, 5.74) is 2.12. The Hall–Kier alpha value is -1.96. The van der Waals surface area contributed by atoms with Crippen molar-refractivity contribution < 1.29 is 17.9 Å². The molecule has 0 atom stereocenters. The summed E-state index contributed by atoms with van der Waals surface area (Å²) < 4.78 is 30.6. The lowest BCUT2D eigenvalue weighted by molar-refractivity contribution is -0.118. The zero-order valence-corrected chi connectivity index (χ0v) is 16.9. The topological polar surface area (TPSA) is 75.7 Å². The van der Waals surface area contributed by atoms with Crippen molar-refractivity contribution in [3.8, 4) is 5.75 Å². The molecule has 1 aliphatic heterocycles. The fourth-order valence-electron chi connectivity index (χ4n) is 2.92. The molecule has 2 aromatic rings. The monoisotopic (exact) mass is 428 g/mol. The van der Waals surface area contributed by atoms with Gasteiger partial charge in [0.1, 0.15) is 5.75 Å². The Bertz CT molecular complexity index is 979. The summed E-state index contributed by atoms with van der Waals surface area (Å²) in [7, 11) is -3.32. The second-order valence-electron chi connectivity index (χ2n) is 6.19. The third-order valence-corrected chi connectivity index (χ3v) is 5.80. The molecule has 0 saturated heterocycles. The fourth-order valence-corrected chi connectivity index (χ4v) is 4.38. The van der Waals surface area contributed by atoms with E-state index >= 15 is 0 Å². The van der Waals surface area contributed by atoms with Crippen LogP contribution in [0.25, 0.3) is 0 Å². The number of rotatable bonds is 5. The summed E-state index contributed by atoms with van der Waals surface area (Å²) in [6.07, 6.45) is 2.68.